The molecule has 0 bridgehead atoms. The molecule has 1 fully saturated rings. The first-order valence-corrected chi connectivity index (χ1v) is 3.53. The summed E-state index contributed by atoms with van der Waals surface area (Å²) in [4.78, 5) is 10.6. The second-order valence-electron chi connectivity index (χ2n) is 3.04. The normalized spacial score (nSPS) is 25.8. The summed E-state index contributed by atoms with van der Waals surface area (Å²) < 4.78 is 9.96. The number of carbonyl (C=O) groups is 1. The largest absolute Gasteiger partial charge is 0.460 e. The molecule has 3 nitrogen and oxygen atoms in total. The quantitative estimate of drug-likeness (QED) is 0.346. The third-order valence-electron chi connectivity index (χ3n) is 1.71. The van der Waals surface area contributed by atoms with Crippen LogP contribution < -0.4 is 0 Å². The first kappa shape index (κ1) is 8.27. The summed E-state index contributed by atoms with van der Waals surface area (Å²) in [5, 5.41) is 0. The minimum Gasteiger partial charge on any atom is -0.460 e. The minimum atomic E-state index is -0.392. The predicted octanol–water partition coefficient (Wildman–Crippen LogP) is 0.893. The van der Waals surface area contributed by atoms with E-state index in [1.807, 2.05) is 13.8 Å². The average Bonchev–Trinajstić information content (AvgIpc) is 2.54. The Morgan fingerprint density at radius 3 is 2.73 bits per heavy atom. The second kappa shape index (κ2) is 2.66. The molecule has 0 aromatic carbocycles. The summed E-state index contributed by atoms with van der Waals surface area (Å²) in [7, 11) is 0. The van der Waals surface area contributed by atoms with Gasteiger partial charge in [0, 0.05) is 6.08 Å². The third kappa shape index (κ3) is 2.05. The van der Waals surface area contributed by atoms with Crippen LogP contribution in [-0.4, -0.2) is 24.3 Å². The van der Waals surface area contributed by atoms with Crippen LogP contribution in [0.25, 0.3) is 0 Å². The molecule has 1 saturated heterocycles. The van der Waals surface area contributed by atoms with E-state index in [0.717, 1.165) is 6.08 Å². The van der Waals surface area contributed by atoms with Crippen molar-refractivity contribution in [2.75, 3.05) is 6.61 Å². The molecule has 1 aliphatic rings. The molecule has 1 unspecified atom stereocenters. The van der Waals surface area contributed by atoms with E-state index in [2.05, 4.69) is 6.58 Å². The van der Waals surface area contributed by atoms with Gasteiger partial charge in [0.15, 0.2) is 0 Å². The molecule has 3 heteroatoms. The molecular weight excluding hydrogens is 144 g/mol. The third-order valence-corrected chi connectivity index (χ3v) is 1.71. The van der Waals surface area contributed by atoms with Gasteiger partial charge in [-0.2, -0.15) is 0 Å². The van der Waals surface area contributed by atoms with Crippen LogP contribution in [-0.2, 0) is 14.3 Å². The first-order chi connectivity index (χ1) is 5.06. The maximum atomic E-state index is 10.6. The Morgan fingerprint density at radius 2 is 2.36 bits per heavy atom. The van der Waals surface area contributed by atoms with Gasteiger partial charge in [-0.25, -0.2) is 4.79 Å². The molecule has 0 N–H and O–H groups in total. The van der Waals surface area contributed by atoms with Crippen molar-refractivity contribution in [2.24, 2.45) is 0 Å². The molecule has 0 radical (unpaired) electrons. The van der Waals surface area contributed by atoms with Crippen molar-refractivity contribution >= 4 is 5.97 Å². The average molecular weight is 156 g/mol. The van der Waals surface area contributed by atoms with Gasteiger partial charge in [-0.3, -0.25) is 0 Å². The van der Waals surface area contributed by atoms with Crippen LogP contribution in [0, 0.1) is 0 Å². The SMILES string of the molecule is C=CC(=O)OCC1OC1(C)C. The highest BCUT2D eigenvalue weighted by Gasteiger charge is 2.48. The molecule has 1 heterocycles. The van der Waals surface area contributed by atoms with Crippen LogP contribution in [0.15, 0.2) is 12.7 Å². The molecule has 0 aliphatic carbocycles. The number of ether oxygens (including phenoxy) is 2. The Hall–Kier alpha value is -0.830. The van der Waals surface area contributed by atoms with Gasteiger partial charge < -0.3 is 9.47 Å². The van der Waals surface area contributed by atoms with E-state index in [9.17, 15) is 4.79 Å². The Morgan fingerprint density at radius 1 is 1.82 bits per heavy atom. The first-order valence-electron chi connectivity index (χ1n) is 3.53. The lowest BCUT2D eigenvalue weighted by atomic mass is 10.1. The van der Waals surface area contributed by atoms with Crippen LogP contribution in [0.3, 0.4) is 0 Å². The van der Waals surface area contributed by atoms with E-state index in [4.69, 9.17) is 9.47 Å². The molecule has 0 aromatic rings. The highest BCUT2D eigenvalue weighted by molar-refractivity contribution is 5.81. The van der Waals surface area contributed by atoms with E-state index in [-0.39, 0.29) is 11.7 Å². The standard InChI is InChI=1S/C8H12O3/c1-4-7(9)10-5-6-8(2,3)11-6/h4,6H,1,5H2,2-3H3. The Balaban J connectivity index is 2.16. The minimum absolute atomic E-state index is 0.0615. The zero-order valence-electron chi connectivity index (χ0n) is 6.79. The number of epoxide rings is 1. The van der Waals surface area contributed by atoms with Gasteiger partial charge in [0.1, 0.15) is 12.7 Å². The van der Waals surface area contributed by atoms with Gasteiger partial charge in [-0.1, -0.05) is 6.58 Å². The molecule has 0 aromatic heterocycles. The fraction of sp³-hybridized carbons (Fsp3) is 0.625. The van der Waals surface area contributed by atoms with Crippen molar-refractivity contribution in [1.82, 2.24) is 0 Å². The fourth-order valence-electron chi connectivity index (χ4n) is 0.784. The van der Waals surface area contributed by atoms with E-state index >= 15 is 0 Å². The number of hydrogen-bond donors (Lipinski definition) is 0. The molecule has 0 spiro atoms. The molecule has 1 atom stereocenters. The van der Waals surface area contributed by atoms with Crippen LogP contribution in [0.4, 0.5) is 0 Å². The van der Waals surface area contributed by atoms with Crippen LogP contribution >= 0.6 is 0 Å². The van der Waals surface area contributed by atoms with E-state index in [1.54, 1.807) is 0 Å². The van der Waals surface area contributed by atoms with Crippen molar-refractivity contribution in [3.63, 3.8) is 0 Å². The molecule has 11 heavy (non-hydrogen) atoms. The van der Waals surface area contributed by atoms with Crippen molar-refractivity contribution in [2.45, 2.75) is 25.6 Å². The smallest absolute Gasteiger partial charge is 0.330 e. The Labute approximate surface area is 66.0 Å². The summed E-state index contributed by atoms with van der Waals surface area (Å²) in [6, 6.07) is 0. The van der Waals surface area contributed by atoms with Crippen LogP contribution in [0.1, 0.15) is 13.8 Å². The monoisotopic (exact) mass is 156 g/mol. The lowest BCUT2D eigenvalue weighted by Gasteiger charge is -1.98. The zero-order valence-corrected chi connectivity index (χ0v) is 6.79. The lowest BCUT2D eigenvalue weighted by Crippen LogP contribution is -2.12. The van der Waals surface area contributed by atoms with Crippen LogP contribution in [0.2, 0.25) is 0 Å². The second-order valence-corrected chi connectivity index (χ2v) is 3.04. The highest BCUT2D eigenvalue weighted by atomic mass is 16.6. The summed E-state index contributed by atoms with van der Waals surface area (Å²) in [6.45, 7) is 7.53. The molecular formula is C8H12O3. The Kier molecular flexibility index (Phi) is 2.00. The number of hydrogen-bond acceptors (Lipinski definition) is 3. The van der Waals surface area contributed by atoms with Gasteiger partial charge >= 0.3 is 5.97 Å². The number of rotatable bonds is 3. The summed E-state index contributed by atoms with van der Waals surface area (Å²) in [5.41, 5.74) is -0.110. The van der Waals surface area contributed by atoms with E-state index < -0.39 is 5.97 Å². The van der Waals surface area contributed by atoms with Crippen LogP contribution in [0.5, 0.6) is 0 Å². The lowest BCUT2D eigenvalue weighted by molar-refractivity contribution is -0.138. The fourth-order valence-corrected chi connectivity index (χ4v) is 0.784. The van der Waals surface area contributed by atoms with Crippen molar-refractivity contribution in [3.05, 3.63) is 12.7 Å². The predicted molar refractivity (Wildman–Crippen MR) is 40.1 cm³/mol. The van der Waals surface area contributed by atoms with Gasteiger partial charge in [0.2, 0.25) is 0 Å². The van der Waals surface area contributed by atoms with Gasteiger partial charge in [-0.05, 0) is 13.8 Å². The maximum absolute atomic E-state index is 10.6. The summed E-state index contributed by atoms with van der Waals surface area (Å²) in [6.07, 6.45) is 1.21. The van der Waals surface area contributed by atoms with Crippen molar-refractivity contribution < 1.29 is 14.3 Å². The van der Waals surface area contributed by atoms with Gasteiger partial charge in [-0.15, -0.1) is 0 Å². The maximum Gasteiger partial charge on any atom is 0.330 e. The van der Waals surface area contributed by atoms with Crippen molar-refractivity contribution in [3.8, 4) is 0 Å². The number of esters is 1. The van der Waals surface area contributed by atoms with Crippen molar-refractivity contribution in [1.29, 1.82) is 0 Å². The van der Waals surface area contributed by atoms with Gasteiger partial charge in [0.25, 0.3) is 0 Å². The topological polar surface area (TPSA) is 38.8 Å². The molecule has 0 saturated carbocycles. The molecule has 0 amide bonds. The van der Waals surface area contributed by atoms with E-state index in [0.29, 0.717) is 6.61 Å². The zero-order chi connectivity index (χ0) is 8.48. The summed E-state index contributed by atoms with van der Waals surface area (Å²) >= 11 is 0. The molecule has 1 aliphatic heterocycles. The molecule has 62 valence electrons. The van der Waals surface area contributed by atoms with Gasteiger partial charge in [0.05, 0.1) is 5.60 Å². The summed E-state index contributed by atoms with van der Waals surface area (Å²) in [5.74, 6) is -0.392. The number of carbonyl (C=O) groups excluding carboxylic acids is 1. The van der Waals surface area contributed by atoms with E-state index in [1.165, 1.54) is 0 Å². The highest BCUT2D eigenvalue weighted by Crippen LogP contribution is 2.35. The molecule has 1 rings (SSSR count). The Bertz CT molecular complexity index is 184.